The number of allylic oxidation sites excluding steroid dienone is 1. The van der Waals surface area contributed by atoms with Gasteiger partial charge in [-0.15, -0.1) is 34.5 Å². The molecule has 0 spiro atoms. The minimum absolute atomic E-state index is 0. The second kappa shape index (κ2) is 11.0. The number of hydrogen-bond donors (Lipinski definition) is 0. The Bertz CT molecular complexity index is 1360. The Labute approximate surface area is 242 Å². The molecule has 2 aliphatic heterocycles. The molecule has 35 heavy (non-hydrogen) atoms. The second-order valence-electron chi connectivity index (χ2n) is 10.5. The van der Waals surface area contributed by atoms with Crippen molar-refractivity contribution in [1.29, 1.82) is 0 Å². The standard InChI is InChI=1S/C19H19.C11H14OSi.2ClH.Zr/c1-13(2)15-7-9-16(10-8-15)18-6-4-5-17-11-14(3)12-19(17)18;1-6-5-8-9(12-6)11-7(2)10(8)13(11,3)4;;;/h4-13H,1-3H3;5,11H,1-4H3;2*1H;/q-1;;;;+3/p-2. The van der Waals surface area contributed by atoms with E-state index in [-0.39, 0.29) is 51.0 Å². The average Bonchev–Trinajstić information content (AvgIpc) is 3.41. The van der Waals surface area contributed by atoms with Crippen molar-refractivity contribution in [3.05, 3.63) is 94.4 Å². The molecule has 0 N–H and O–H groups in total. The molecule has 0 amide bonds. The van der Waals surface area contributed by atoms with Gasteiger partial charge in [0.1, 0.15) is 11.5 Å². The summed E-state index contributed by atoms with van der Waals surface area (Å²) in [6.45, 7) is 15.8. The Kier molecular flexibility index (Phi) is 9.43. The van der Waals surface area contributed by atoms with Gasteiger partial charge in [0, 0.05) is 11.1 Å². The summed E-state index contributed by atoms with van der Waals surface area (Å²) < 4.78 is 5.78. The van der Waals surface area contributed by atoms with Gasteiger partial charge in [-0.3, -0.25) is 0 Å². The second-order valence-corrected chi connectivity index (χ2v) is 15.0. The van der Waals surface area contributed by atoms with Gasteiger partial charge < -0.3 is 29.2 Å². The number of hydrogen-bond acceptors (Lipinski definition) is 1. The number of benzene rings is 2. The first kappa shape index (κ1) is 30.0. The van der Waals surface area contributed by atoms with Crippen LogP contribution in [0.5, 0.6) is 0 Å². The van der Waals surface area contributed by atoms with Gasteiger partial charge in [0.2, 0.25) is 0 Å². The van der Waals surface area contributed by atoms with E-state index < -0.39 is 8.07 Å². The molecule has 5 heteroatoms. The van der Waals surface area contributed by atoms with Crippen LogP contribution >= 0.6 is 0 Å². The summed E-state index contributed by atoms with van der Waals surface area (Å²) in [6, 6.07) is 22.3. The normalized spacial score (nSPS) is 16.4. The van der Waals surface area contributed by atoms with Crippen LogP contribution in [0.2, 0.25) is 13.1 Å². The van der Waals surface area contributed by atoms with Crippen molar-refractivity contribution in [1.82, 2.24) is 0 Å². The van der Waals surface area contributed by atoms with E-state index in [0.29, 0.717) is 11.5 Å². The number of halogens is 2. The number of rotatable bonds is 2. The predicted octanol–water partition coefficient (Wildman–Crippen LogP) is 2.92. The molecule has 3 aliphatic rings. The van der Waals surface area contributed by atoms with Crippen LogP contribution in [0.25, 0.3) is 27.1 Å². The average molecular weight is 600 g/mol. The van der Waals surface area contributed by atoms with Crippen LogP contribution in [0.4, 0.5) is 0 Å². The molecule has 0 fully saturated rings. The molecule has 1 aliphatic carbocycles. The van der Waals surface area contributed by atoms with Crippen molar-refractivity contribution in [3.63, 3.8) is 0 Å². The maximum Gasteiger partial charge on any atom is 3.00 e. The number of aryl methyl sites for hydroxylation is 2. The third-order valence-electron chi connectivity index (χ3n) is 7.39. The van der Waals surface area contributed by atoms with Crippen molar-refractivity contribution < 1.29 is 55.4 Å². The summed E-state index contributed by atoms with van der Waals surface area (Å²) >= 11 is 0. The molecule has 3 heterocycles. The Morgan fingerprint density at radius 1 is 0.886 bits per heavy atom. The fraction of sp³-hybridized carbons (Fsp3) is 0.300. The van der Waals surface area contributed by atoms with Crippen LogP contribution in [-0.2, 0) is 26.2 Å². The topological polar surface area (TPSA) is 13.1 Å². The van der Waals surface area contributed by atoms with Gasteiger partial charge in [-0.2, -0.15) is 6.07 Å². The Morgan fingerprint density at radius 2 is 1.54 bits per heavy atom. The van der Waals surface area contributed by atoms with E-state index in [1.165, 1.54) is 44.3 Å². The maximum atomic E-state index is 5.78. The molecule has 4 aromatic rings. The molecule has 0 saturated carbocycles. The van der Waals surface area contributed by atoms with E-state index in [1.807, 2.05) is 6.92 Å². The first-order valence-electron chi connectivity index (χ1n) is 11.8. The van der Waals surface area contributed by atoms with Crippen LogP contribution in [-0.4, -0.2) is 8.07 Å². The molecule has 2 bridgehead atoms. The van der Waals surface area contributed by atoms with Crippen molar-refractivity contribution in [2.75, 3.05) is 0 Å². The molecule has 181 valence electrons. The predicted molar refractivity (Wildman–Crippen MR) is 140 cm³/mol. The van der Waals surface area contributed by atoms with Crippen molar-refractivity contribution in [3.8, 4) is 11.1 Å². The SMILES string of the molecule is CC1=C2c3cc(C)oc3C1[Si]2(C)C.Cc1cc2c(-c3ccc(C(C)C)cc3)cccc2[cH-]1.[Cl-].[Cl-].[Zr+3]. The van der Waals surface area contributed by atoms with Crippen LogP contribution in [0, 0.1) is 13.8 Å². The van der Waals surface area contributed by atoms with E-state index in [1.54, 1.807) is 10.8 Å². The molecule has 7 rings (SSSR count). The summed E-state index contributed by atoms with van der Waals surface area (Å²) in [4.78, 5) is 0. The van der Waals surface area contributed by atoms with Gasteiger partial charge in [-0.1, -0.05) is 75.3 Å². The largest absolute Gasteiger partial charge is 3.00 e. The Hall–Kier alpha value is -1.25. The first-order chi connectivity index (χ1) is 15.2. The van der Waals surface area contributed by atoms with Crippen molar-refractivity contribution in [2.24, 2.45) is 0 Å². The fourth-order valence-corrected chi connectivity index (χ4v) is 10.2. The molecular formula is C30H33Cl2OSiZr. The molecule has 3 aromatic carbocycles. The smallest absolute Gasteiger partial charge is 1.00 e. The van der Waals surface area contributed by atoms with E-state index >= 15 is 0 Å². The van der Waals surface area contributed by atoms with Crippen LogP contribution < -0.4 is 24.8 Å². The zero-order valence-corrected chi connectivity index (χ0v) is 26.6. The van der Waals surface area contributed by atoms with Gasteiger partial charge in [0.05, 0.1) is 8.07 Å². The van der Waals surface area contributed by atoms with Gasteiger partial charge in [-0.05, 0) is 42.2 Å². The summed E-state index contributed by atoms with van der Waals surface area (Å²) in [5.41, 5.74) is 9.10. The first-order valence-corrected chi connectivity index (χ1v) is 14.8. The minimum atomic E-state index is -1.10. The van der Waals surface area contributed by atoms with Crippen molar-refractivity contribution >= 4 is 24.0 Å². The van der Waals surface area contributed by atoms with E-state index in [9.17, 15) is 0 Å². The maximum absolute atomic E-state index is 5.78. The number of furan rings is 1. The molecule has 1 aromatic heterocycles. The third kappa shape index (κ3) is 4.99. The third-order valence-corrected chi connectivity index (χ3v) is 11.5. The summed E-state index contributed by atoms with van der Waals surface area (Å²) in [5, 5.41) is 4.37. The van der Waals surface area contributed by atoms with E-state index in [2.05, 4.69) is 101 Å². The minimum Gasteiger partial charge on any atom is -1.00 e. The Morgan fingerprint density at radius 3 is 2.11 bits per heavy atom. The van der Waals surface area contributed by atoms with Gasteiger partial charge >= 0.3 is 26.2 Å². The quantitative estimate of drug-likeness (QED) is 0.255. The monoisotopic (exact) mass is 597 g/mol. The van der Waals surface area contributed by atoms with Gasteiger partial charge in [0.15, 0.2) is 0 Å². The molecular weight excluding hydrogens is 567 g/mol. The summed E-state index contributed by atoms with van der Waals surface area (Å²) in [5.74, 6) is 2.94. The zero-order valence-electron chi connectivity index (χ0n) is 21.6. The molecule has 0 saturated heterocycles. The van der Waals surface area contributed by atoms with Crippen molar-refractivity contribution in [2.45, 2.75) is 59.2 Å². The van der Waals surface area contributed by atoms with E-state index in [0.717, 1.165) is 5.76 Å². The molecule has 1 unspecified atom stereocenters. The zero-order chi connectivity index (χ0) is 22.8. The van der Waals surface area contributed by atoms with Crippen LogP contribution in [0.1, 0.15) is 60.4 Å². The van der Waals surface area contributed by atoms with E-state index in [4.69, 9.17) is 4.42 Å². The van der Waals surface area contributed by atoms with Crippen LogP contribution in [0.3, 0.4) is 0 Å². The molecule has 1 atom stereocenters. The van der Waals surface area contributed by atoms with Gasteiger partial charge in [0.25, 0.3) is 0 Å². The number of fused-ring (bicyclic) bond motifs is 1. The Balaban J connectivity index is 0.000000239. The summed E-state index contributed by atoms with van der Waals surface area (Å²) in [7, 11) is -1.10. The summed E-state index contributed by atoms with van der Waals surface area (Å²) in [6.07, 6.45) is 0. The fourth-order valence-electron chi connectivity index (χ4n) is 5.97. The molecule has 1 nitrogen and oxygen atoms in total. The van der Waals surface area contributed by atoms with Gasteiger partial charge in [-0.25, -0.2) is 0 Å². The molecule has 1 radical (unpaired) electrons. The van der Waals surface area contributed by atoms with Crippen LogP contribution in [0.15, 0.2) is 70.7 Å².